The monoisotopic (exact) mass is 395 g/mol. The van der Waals surface area contributed by atoms with E-state index in [4.69, 9.17) is 0 Å². The Bertz CT molecular complexity index is 1320. The van der Waals surface area contributed by atoms with Crippen molar-refractivity contribution >= 4 is 45.3 Å². The second kappa shape index (κ2) is 7.01. The number of anilines is 1. The van der Waals surface area contributed by atoms with Gasteiger partial charge in [-0.2, -0.15) is 0 Å². The number of benzene rings is 2. The van der Waals surface area contributed by atoms with Gasteiger partial charge in [-0.25, -0.2) is 9.78 Å². The first-order valence-electron chi connectivity index (χ1n) is 8.58. The normalized spacial score (nSPS) is 12.4. The highest BCUT2D eigenvalue weighted by atomic mass is 32.2. The Balaban J connectivity index is 1.55. The molecule has 0 saturated heterocycles. The first-order valence-corrected chi connectivity index (χ1v) is 9.45. The van der Waals surface area contributed by atoms with E-state index in [-0.39, 0.29) is 17.2 Å². The predicted molar refractivity (Wildman–Crippen MR) is 110 cm³/mol. The average molecular weight is 395 g/mol. The zero-order valence-corrected chi connectivity index (χ0v) is 16.0. The third-order valence-corrected chi connectivity index (χ3v) is 5.52. The molecule has 2 aromatic heterocycles. The number of imidazole rings is 1. The van der Waals surface area contributed by atoms with Crippen LogP contribution in [-0.4, -0.2) is 30.7 Å². The molecule has 0 aliphatic heterocycles. The summed E-state index contributed by atoms with van der Waals surface area (Å²) >= 11 is 1.21. The van der Waals surface area contributed by atoms with Crippen LogP contribution in [0.3, 0.4) is 0 Å². The topological polar surface area (TPSA) is 113 Å². The molecule has 4 aromatic rings. The van der Waals surface area contributed by atoms with Crippen LogP contribution in [0.4, 0.5) is 5.69 Å². The van der Waals surface area contributed by atoms with Gasteiger partial charge in [0.05, 0.1) is 27.2 Å². The van der Waals surface area contributed by atoms with Gasteiger partial charge in [-0.15, -0.1) is 0 Å². The summed E-state index contributed by atoms with van der Waals surface area (Å²) in [6.45, 7) is 1.75. The van der Waals surface area contributed by atoms with Gasteiger partial charge in [0.2, 0.25) is 5.91 Å². The Morgan fingerprint density at radius 2 is 1.89 bits per heavy atom. The molecule has 0 spiro atoms. The molecular weight excluding hydrogens is 378 g/mol. The first-order chi connectivity index (χ1) is 13.4. The third kappa shape index (κ3) is 3.31. The van der Waals surface area contributed by atoms with Crippen molar-refractivity contribution in [2.75, 3.05) is 5.32 Å². The summed E-state index contributed by atoms with van der Waals surface area (Å²) in [6.07, 6.45) is 0. The highest BCUT2D eigenvalue weighted by Gasteiger charge is 2.18. The molecule has 9 heteroatoms. The molecule has 1 unspecified atom stereocenters. The van der Waals surface area contributed by atoms with E-state index in [9.17, 15) is 14.4 Å². The van der Waals surface area contributed by atoms with Crippen LogP contribution in [-0.2, 0) is 11.8 Å². The molecule has 0 aliphatic carbocycles. The van der Waals surface area contributed by atoms with Crippen molar-refractivity contribution in [2.45, 2.75) is 17.3 Å². The van der Waals surface area contributed by atoms with Crippen LogP contribution < -0.4 is 16.6 Å². The van der Waals surface area contributed by atoms with Crippen LogP contribution >= 0.6 is 11.8 Å². The summed E-state index contributed by atoms with van der Waals surface area (Å²) in [6, 6.07) is 12.2. The van der Waals surface area contributed by atoms with Gasteiger partial charge in [0.1, 0.15) is 0 Å². The number of fused-ring (bicyclic) bond motifs is 2. The van der Waals surface area contributed by atoms with Crippen molar-refractivity contribution in [2.24, 2.45) is 7.05 Å². The molecule has 1 atom stereocenters. The predicted octanol–water partition coefficient (Wildman–Crippen LogP) is 2.22. The smallest absolute Gasteiger partial charge is 0.323 e. The molecule has 0 radical (unpaired) electrons. The lowest BCUT2D eigenvalue weighted by Gasteiger charge is -2.14. The van der Waals surface area contributed by atoms with Gasteiger partial charge < -0.3 is 15.3 Å². The molecule has 0 aliphatic rings. The van der Waals surface area contributed by atoms with Crippen LogP contribution in [0.5, 0.6) is 0 Å². The van der Waals surface area contributed by atoms with E-state index in [1.807, 2.05) is 6.07 Å². The molecule has 4 rings (SSSR count). The average Bonchev–Trinajstić information content (AvgIpc) is 3.05. The van der Waals surface area contributed by atoms with Gasteiger partial charge in [0.25, 0.3) is 5.56 Å². The number of carbonyl (C=O) groups excluding carboxylic acids is 1. The summed E-state index contributed by atoms with van der Waals surface area (Å²) in [4.78, 5) is 46.3. The second-order valence-corrected chi connectivity index (χ2v) is 7.67. The van der Waals surface area contributed by atoms with Crippen molar-refractivity contribution in [3.05, 3.63) is 63.3 Å². The molecular formula is C19H17N5O3S. The Kier molecular flexibility index (Phi) is 4.52. The zero-order chi connectivity index (χ0) is 19.8. The Morgan fingerprint density at radius 3 is 2.71 bits per heavy atom. The van der Waals surface area contributed by atoms with E-state index in [2.05, 4.69) is 20.3 Å². The second-order valence-electron chi connectivity index (χ2n) is 6.36. The number of amides is 1. The van der Waals surface area contributed by atoms with Crippen molar-refractivity contribution in [3.8, 4) is 0 Å². The standard InChI is InChI=1S/C19H17N5O3S/c1-10(16(25)20-11-7-8-14-15(9-11)22-18(27)21-14)28-19-23-13-6-4-3-5-12(13)17(26)24(19)2/h3-10H,1-2H3,(H,20,25)(H2,21,22,27). The molecule has 1 amide bonds. The summed E-state index contributed by atoms with van der Waals surface area (Å²) in [5, 5.41) is 3.35. The summed E-state index contributed by atoms with van der Waals surface area (Å²) in [5.74, 6) is -0.232. The number of aromatic nitrogens is 4. The maximum atomic E-state index is 12.6. The van der Waals surface area contributed by atoms with Crippen LogP contribution in [0.15, 0.2) is 57.2 Å². The number of thioether (sulfide) groups is 1. The lowest BCUT2D eigenvalue weighted by molar-refractivity contribution is -0.115. The van der Waals surface area contributed by atoms with E-state index >= 15 is 0 Å². The molecule has 3 N–H and O–H groups in total. The van der Waals surface area contributed by atoms with E-state index < -0.39 is 5.25 Å². The van der Waals surface area contributed by atoms with Crippen molar-refractivity contribution in [1.29, 1.82) is 0 Å². The number of hydrogen-bond acceptors (Lipinski definition) is 5. The fourth-order valence-electron chi connectivity index (χ4n) is 2.87. The van der Waals surface area contributed by atoms with Crippen molar-refractivity contribution in [3.63, 3.8) is 0 Å². The van der Waals surface area contributed by atoms with E-state index in [0.29, 0.717) is 32.8 Å². The maximum absolute atomic E-state index is 12.6. The molecule has 0 fully saturated rings. The van der Waals surface area contributed by atoms with Gasteiger partial charge in [0.15, 0.2) is 5.16 Å². The van der Waals surface area contributed by atoms with Crippen LogP contribution in [0.1, 0.15) is 6.92 Å². The molecule has 2 aromatic carbocycles. The Labute approximate surface area is 163 Å². The summed E-state index contributed by atoms with van der Waals surface area (Å²) < 4.78 is 1.45. The van der Waals surface area contributed by atoms with E-state index in [1.54, 1.807) is 50.4 Å². The lowest BCUT2D eigenvalue weighted by atomic mass is 10.2. The number of nitrogens with zero attached hydrogens (tertiary/aromatic N) is 2. The number of hydrogen-bond donors (Lipinski definition) is 3. The number of nitrogens with one attached hydrogen (secondary N) is 3. The minimum Gasteiger partial charge on any atom is -0.325 e. The molecule has 2 heterocycles. The largest absolute Gasteiger partial charge is 0.325 e. The highest BCUT2D eigenvalue weighted by Crippen LogP contribution is 2.23. The van der Waals surface area contributed by atoms with Gasteiger partial charge >= 0.3 is 5.69 Å². The number of para-hydroxylation sites is 1. The van der Waals surface area contributed by atoms with Crippen molar-refractivity contribution in [1.82, 2.24) is 19.5 Å². The molecule has 28 heavy (non-hydrogen) atoms. The maximum Gasteiger partial charge on any atom is 0.323 e. The van der Waals surface area contributed by atoms with E-state index in [0.717, 1.165) is 0 Å². The fourth-order valence-corrected chi connectivity index (χ4v) is 3.74. The van der Waals surface area contributed by atoms with Crippen LogP contribution in [0.25, 0.3) is 21.9 Å². The molecule has 0 bridgehead atoms. The highest BCUT2D eigenvalue weighted by molar-refractivity contribution is 8.00. The van der Waals surface area contributed by atoms with Gasteiger partial charge in [-0.05, 0) is 37.3 Å². The van der Waals surface area contributed by atoms with Gasteiger partial charge in [-0.3, -0.25) is 14.2 Å². The van der Waals surface area contributed by atoms with Crippen LogP contribution in [0.2, 0.25) is 0 Å². The zero-order valence-electron chi connectivity index (χ0n) is 15.1. The number of H-pyrrole nitrogens is 2. The minimum atomic E-state index is -0.486. The Morgan fingerprint density at radius 1 is 1.14 bits per heavy atom. The fraction of sp³-hybridized carbons (Fsp3) is 0.158. The summed E-state index contributed by atoms with van der Waals surface area (Å²) in [7, 11) is 1.64. The van der Waals surface area contributed by atoms with Gasteiger partial charge in [0, 0.05) is 12.7 Å². The SMILES string of the molecule is CC(Sc1nc2ccccc2c(=O)n1C)C(=O)Nc1ccc2[nH]c(=O)[nH]c2c1. The van der Waals surface area contributed by atoms with Crippen molar-refractivity contribution < 1.29 is 4.79 Å². The molecule has 142 valence electrons. The number of carbonyl (C=O) groups is 1. The number of rotatable bonds is 4. The van der Waals surface area contributed by atoms with Gasteiger partial charge in [-0.1, -0.05) is 23.9 Å². The summed E-state index contributed by atoms with van der Waals surface area (Å²) in [5.41, 5.74) is 2.00. The molecule has 0 saturated carbocycles. The Hall–Kier alpha value is -3.33. The molecule has 8 nitrogen and oxygen atoms in total. The van der Waals surface area contributed by atoms with E-state index in [1.165, 1.54) is 16.3 Å². The number of aromatic amines is 2. The quantitative estimate of drug-likeness (QED) is 0.362. The first kappa shape index (κ1) is 18.1. The minimum absolute atomic E-state index is 0.150. The third-order valence-electron chi connectivity index (χ3n) is 4.38. The lowest BCUT2D eigenvalue weighted by Crippen LogP contribution is -2.25. The van der Waals surface area contributed by atoms with Crippen LogP contribution in [0, 0.1) is 0 Å².